The summed E-state index contributed by atoms with van der Waals surface area (Å²) in [4.78, 5) is 22.1. The molecule has 1 saturated heterocycles. The average molecular weight is 497 g/mol. The molecule has 1 aromatic heterocycles. The summed E-state index contributed by atoms with van der Waals surface area (Å²) in [6, 6.07) is 25.9. The molecule has 0 radical (unpaired) electrons. The first-order valence-corrected chi connectivity index (χ1v) is 13.7. The van der Waals surface area contributed by atoms with Crippen LogP contribution in [0.15, 0.2) is 90.8 Å². The summed E-state index contributed by atoms with van der Waals surface area (Å²) >= 11 is 0. The third kappa shape index (κ3) is 8.11. The van der Waals surface area contributed by atoms with Gasteiger partial charge in [0.2, 0.25) is 5.91 Å². The second kappa shape index (κ2) is 14.5. The minimum absolute atomic E-state index is 0.0483. The number of carbonyl (C=O) groups excluding carboxylic acids is 1. The largest absolute Gasteiger partial charge is 0.352 e. The van der Waals surface area contributed by atoms with Gasteiger partial charge in [-0.2, -0.15) is 0 Å². The zero-order valence-corrected chi connectivity index (χ0v) is 22.1. The Kier molecular flexibility index (Phi) is 10.5. The predicted molar refractivity (Wildman–Crippen MR) is 152 cm³/mol. The predicted octanol–water partition coefficient (Wildman–Crippen LogP) is 5.57. The van der Waals surface area contributed by atoms with E-state index < -0.39 is 0 Å². The zero-order valence-electron chi connectivity index (χ0n) is 22.1. The first-order chi connectivity index (χ1) is 18.2. The lowest BCUT2D eigenvalue weighted by Crippen LogP contribution is -2.48. The summed E-state index contributed by atoms with van der Waals surface area (Å²) < 4.78 is 0. The Morgan fingerprint density at radius 3 is 2.19 bits per heavy atom. The molecule has 1 N–H and O–H groups in total. The molecule has 1 amide bonds. The van der Waals surface area contributed by atoms with Gasteiger partial charge in [0.15, 0.2) is 0 Å². The summed E-state index contributed by atoms with van der Waals surface area (Å²) in [6.07, 6.45) is 9.32. The number of piperazine rings is 1. The molecule has 4 rings (SSSR count). The molecule has 1 aliphatic rings. The normalized spacial score (nSPS) is 15.1. The van der Waals surface area contributed by atoms with Crippen molar-refractivity contribution in [2.45, 2.75) is 38.6 Å². The number of hydrogen-bond acceptors (Lipinski definition) is 4. The summed E-state index contributed by atoms with van der Waals surface area (Å²) in [5, 5.41) is 3.13. The highest BCUT2D eigenvalue weighted by atomic mass is 16.1. The van der Waals surface area contributed by atoms with Crippen molar-refractivity contribution in [1.82, 2.24) is 20.1 Å². The van der Waals surface area contributed by atoms with Crippen molar-refractivity contribution in [3.05, 3.63) is 107 Å². The van der Waals surface area contributed by atoms with Crippen LogP contribution in [0.1, 0.15) is 55.3 Å². The number of nitrogens with zero attached hydrogens (tertiary/aromatic N) is 3. The average Bonchev–Trinajstić information content (AvgIpc) is 2.95. The van der Waals surface area contributed by atoms with E-state index in [1.54, 1.807) is 12.4 Å². The summed E-state index contributed by atoms with van der Waals surface area (Å²) in [7, 11) is 0. The quantitative estimate of drug-likeness (QED) is 0.263. The number of aromatic nitrogens is 1. The standard InChI is InChI=1S/C32H40N4O/c1-2-12-30(25-27-13-11-18-33-26-27)32(37)34-19-9-10-20-35-21-23-36(24-22-35)31(28-14-5-3-6-15-28)29-16-7-4-8-17-29/h3-8,11,13-18,25-26,31H,2,9-10,12,19-24H2,1H3,(H,34,37)/b30-25+. The third-order valence-electron chi connectivity index (χ3n) is 7.03. The van der Waals surface area contributed by atoms with E-state index in [-0.39, 0.29) is 5.91 Å². The Morgan fingerprint density at radius 2 is 1.59 bits per heavy atom. The number of unbranched alkanes of at least 4 members (excludes halogenated alkanes) is 1. The lowest BCUT2D eigenvalue weighted by molar-refractivity contribution is -0.117. The van der Waals surface area contributed by atoms with E-state index in [0.717, 1.165) is 76.1 Å². The SMILES string of the molecule is CCC/C(=C\c1cccnc1)C(=O)NCCCCN1CCN(C(c2ccccc2)c2ccccc2)CC1. The molecule has 5 nitrogen and oxygen atoms in total. The van der Waals surface area contributed by atoms with Crippen LogP contribution in [0.25, 0.3) is 6.08 Å². The lowest BCUT2D eigenvalue weighted by Gasteiger charge is -2.39. The molecular weight excluding hydrogens is 456 g/mol. The van der Waals surface area contributed by atoms with Crippen LogP contribution in [0.4, 0.5) is 0 Å². The van der Waals surface area contributed by atoms with Crippen molar-refractivity contribution in [3.63, 3.8) is 0 Å². The molecule has 0 saturated carbocycles. The molecule has 0 spiro atoms. The van der Waals surface area contributed by atoms with Crippen LogP contribution in [0.5, 0.6) is 0 Å². The fourth-order valence-electron chi connectivity index (χ4n) is 5.09. The summed E-state index contributed by atoms with van der Waals surface area (Å²) in [6.45, 7) is 8.19. The van der Waals surface area contributed by atoms with E-state index in [2.05, 4.69) is 87.7 Å². The number of rotatable bonds is 12. The number of amides is 1. The maximum Gasteiger partial charge on any atom is 0.247 e. The van der Waals surface area contributed by atoms with Gasteiger partial charge in [0.1, 0.15) is 0 Å². The molecule has 1 fully saturated rings. The van der Waals surface area contributed by atoms with Crippen LogP contribution < -0.4 is 5.32 Å². The Bertz CT molecular complexity index is 1050. The molecule has 0 aliphatic carbocycles. The Balaban J connectivity index is 1.21. The number of pyridine rings is 1. The van der Waals surface area contributed by atoms with Gasteiger partial charge in [-0.25, -0.2) is 0 Å². The van der Waals surface area contributed by atoms with Crippen molar-refractivity contribution in [2.75, 3.05) is 39.3 Å². The van der Waals surface area contributed by atoms with Gasteiger partial charge in [-0.1, -0.05) is 80.1 Å². The minimum atomic E-state index is 0.0483. The number of hydrogen-bond donors (Lipinski definition) is 1. The zero-order chi connectivity index (χ0) is 25.7. The third-order valence-corrected chi connectivity index (χ3v) is 7.03. The molecule has 0 bridgehead atoms. The van der Waals surface area contributed by atoms with Gasteiger partial charge in [-0.3, -0.25) is 14.7 Å². The fraction of sp³-hybridized carbons (Fsp3) is 0.375. The smallest absolute Gasteiger partial charge is 0.247 e. The van der Waals surface area contributed by atoms with E-state index >= 15 is 0 Å². The molecule has 1 aliphatic heterocycles. The highest BCUT2D eigenvalue weighted by Crippen LogP contribution is 2.29. The Morgan fingerprint density at radius 1 is 0.919 bits per heavy atom. The second-order valence-corrected chi connectivity index (χ2v) is 9.77. The van der Waals surface area contributed by atoms with Crippen molar-refractivity contribution in [2.24, 2.45) is 0 Å². The van der Waals surface area contributed by atoms with Crippen LogP contribution in [0.2, 0.25) is 0 Å². The van der Waals surface area contributed by atoms with Gasteiger partial charge < -0.3 is 10.2 Å². The second-order valence-electron chi connectivity index (χ2n) is 9.77. The monoisotopic (exact) mass is 496 g/mol. The van der Waals surface area contributed by atoms with Gasteiger partial charge in [0.25, 0.3) is 0 Å². The van der Waals surface area contributed by atoms with E-state index in [1.807, 2.05) is 18.2 Å². The molecule has 0 unspecified atom stereocenters. The highest BCUT2D eigenvalue weighted by Gasteiger charge is 2.26. The van der Waals surface area contributed by atoms with Crippen LogP contribution in [0.3, 0.4) is 0 Å². The van der Waals surface area contributed by atoms with E-state index in [9.17, 15) is 4.79 Å². The van der Waals surface area contributed by atoms with E-state index in [0.29, 0.717) is 6.04 Å². The van der Waals surface area contributed by atoms with Gasteiger partial charge in [-0.05, 0) is 54.6 Å². The summed E-state index contributed by atoms with van der Waals surface area (Å²) in [5.41, 5.74) is 4.52. The van der Waals surface area contributed by atoms with Crippen molar-refractivity contribution in [3.8, 4) is 0 Å². The van der Waals surface area contributed by atoms with Crippen LogP contribution >= 0.6 is 0 Å². The van der Waals surface area contributed by atoms with Crippen LogP contribution in [-0.2, 0) is 4.79 Å². The van der Waals surface area contributed by atoms with Gasteiger partial charge in [0, 0.05) is 50.7 Å². The lowest BCUT2D eigenvalue weighted by atomic mass is 9.96. The fourth-order valence-corrected chi connectivity index (χ4v) is 5.09. The van der Waals surface area contributed by atoms with Crippen LogP contribution in [0, 0.1) is 0 Å². The molecule has 2 aromatic carbocycles. The van der Waals surface area contributed by atoms with Crippen molar-refractivity contribution < 1.29 is 4.79 Å². The van der Waals surface area contributed by atoms with Gasteiger partial charge >= 0.3 is 0 Å². The first kappa shape index (κ1) is 26.8. The Labute approximate surface area is 222 Å². The van der Waals surface area contributed by atoms with Crippen LogP contribution in [-0.4, -0.2) is 60.0 Å². The number of carbonyl (C=O) groups is 1. The highest BCUT2D eigenvalue weighted by molar-refractivity contribution is 5.97. The molecule has 5 heteroatoms. The minimum Gasteiger partial charge on any atom is -0.352 e. The van der Waals surface area contributed by atoms with Crippen molar-refractivity contribution >= 4 is 12.0 Å². The van der Waals surface area contributed by atoms with E-state index in [1.165, 1.54) is 11.1 Å². The molecule has 37 heavy (non-hydrogen) atoms. The van der Waals surface area contributed by atoms with Crippen molar-refractivity contribution in [1.29, 1.82) is 0 Å². The first-order valence-electron chi connectivity index (χ1n) is 13.7. The number of benzene rings is 2. The Hall–Kier alpha value is -3.28. The maximum absolute atomic E-state index is 12.7. The van der Waals surface area contributed by atoms with Gasteiger partial charge in [-0.15, -0.1) is 0 Å². The molecule has 0 atom stereocenters. The molecule has 194 valence electrons. The summed E-state index contributed by atoms with van der Waals surface area (Å²) in [5.74, 6) is 0.0483. The topological polar surface area (TPSA) is 48.5 Å². The maximum atomic E-state index is 12.7. The molecule has 3 aromatic rings. The number of nitrogens with one attached hydrogen (secondary N) is 1. The van der Waals surface area contributed by atoms with Gasteiger partial charge in [0.05, 0.1) is 6.04 Å². The molecule has 2 heterocycles. The van der Waals surface area contributed by atoms with E-state index in [4.69, 9.17) is 0 Å². The molecular formula is C32H40N4O.